The van der Waals surface area contributed by atoms with Crippen molar-refractivity contribution < 1.29 is 0 Å². The molecule has 0 heteroatoms. The van der Waals surface area contributed by atoms with Gasteiger partial charge in [-0.25, -0.2) is 0 Å². The van der Waals surface area contributed by atoms with E-state index >= 15 is 0 Å². The van der Waals surface area contributed by atoms with E-state index in [0.717, 1.165) is 17.8 Å². The Bertz CT molecular complexity index is 92.2. The highest BCUT2D eigenvalue weighted by Crippen LogP contribution is 2.16. The fourth-order valence-electron chi connectivity index (χ4n) is 0.859. The van der Waals surface area contributed by atoms with Crippen molar-refractivity contribution in [3.63, 3.8) is 0 Å². The summed E-state index contributed by atoms with van der Waals surface area (Å²) in [6.45, 7) is 15.9. The van der Waals surface area contributed by atoms with Crippen molar-refractivity contribution >= 4 is 0 Å². The SMILES string of the molecule is CCC(C)C.CCCCC(C)C(C)C. The summed E-state index contributed by atoms with van der Waals surface area (Å²) >= 11 is 0. The Morgan fingerprint density at radius 2 is 1.29 bits per heavy atom. The Morgan fingerprint density at radius 1 is 0.857 bits per heavy atom. The van der Waals surface area contributed by atoms with Gasteiger partial charge < -0.3 is 0 Å². The molecule has 0 saturated carbocycles. The summed E-state index contributed by atoms with van der Waals surface area (Å²) in [4.78, 5) is 0. The zero-order chi connectivity index (χ0) is 11.6. The van der Waals surface area contributed by atoms with E-state index in [2.05, 4.69) is 48.5 Å². The van der Waals surface area contributed by atoms with E-state index in [1.807, 2.05) is 0 Å². The van der Waals surface area contributed by atoms with Crippen LogP contribution in [-0.4, -0.2) is 0 Å². The van der Waals surface area contributed by atoms with Gasteiger partial charge in [-0.1, -0.05) is 74.1 Å². The van der Waals surface area contributed by atoms with Gasteiger partial charge in [0.1, 0.15) is 0 Å². The molecule has 0 amide bonds. The van der Waals surface area contributed by atoms with Crippen molar-refractivity contribution in [1.82, 2.24) is 0 Å². The third kappa shape index (κ3) is 14.5. The first-order chi connectivity index (χ1) is 6.45. The summed E-state index contributed by atoms with van der Waals surface area (Å²) < 4.78 is 0. The van der Waals surface area contributed by atoms with Gasteiger partial charge in [0.2, 0.25) is 0 Å². The summed E-state index contributed by atoms with van der Waals surface area (Å²) in [5.74, 6) is 2.68. The van der Waals surface area contributed by atoms with Crippen LogP contribution in [0, 0.1) is 17.8 Å². The molecule has 0 fully saturated rings. The average Bonchev–Trinajstić information content (AvgIpc) is 2.14. The second-order valence-corrected chi connectivity index (χ2v) is 5.17. The number of hydrogen-bond acceptors (Lipinski definition) is 0. The second-order valence-electron chi connectivity index (χ2n) is 5.17. The van der Waals surface area contributed by atoms with Gasteiger partial charge in [0, 0.05) is 0 Å². The first-order valence-electron chi connectivity index (χ1n) is 6.45. The minimum atomic E-state index is 0.872. The lowest BCUT2D eigenvalue weighted by Gasteiger charge is -2.13. The Hall–Kier alpha value is 0. The van der Waals surface area contributed by atoms with Crippen LogP contribution in [0.4, 0.5) is 0 Å². The first-order valence-corrected chi connectivity index (χ1v) is 6.45. The van der Waals surface area contributed by atoms with Crippen LogP contribution < -0.4 is 0 Å². The van der Waals surface area contributed by atoms with Gasteiger partial charge in [-0.05, 0) is 17.8 Å². The molecule has 0 aromatic rings. The van der Waals surface area contributed by atoms with Gasteiger partial charge in [-0.3, -0.25) is 0 Å². The van der Waals surface area contributed by atoms with Gasteiger partial charge in [-0.15, -0.1) is 0 Å². The third-order valence-corrected chi connectivity index (χ3v) is 2.97. The van der Waals surface area contributed by atoms with Crippen LogP contribution in [0.5, 0.6) is 0 Å². The fraction of sp³-hybridized carbons (Fsp3) is 1.00. The van der Waals surface area contributed by atoms with Gasteiger partial charge in [-0.2, -0.15) is 0 Å². The van der Waals surface area contributed by atoms with E-state index in [9.17, 15) is 0 Å². The van der Waals surface area contributed by atoms with E-state index in [4.69, 9.17) is 0 Å². The molecule has 0 radical (unpaired) electrons. The highest BCUT2D eigenvalue weighted by molar-refractivity contribution is 4.55. The van der Waals surface area contributed by atoms with Crippen LogP contribution in [0.2, 0.25) is 0 Å². The summed E-state index contributed by atoms with van der Waals surface area (Å²) in [7, 11) is 0. The van der Waals surface area contributed by atoms with Gasteiger partial charge in [0.15, 0.2) is 0 Å². The van der Waals surface area contributed by atoms with Crippen molar-refractivity contribution in [2.45, 2.75) is 74.1 Å². The number of hydrogen-bond donors (Lipinski definition) is 0. The average molecular weight is 200 g/mol. The van der Waals surface area contributed by atoms with Crippen molar-refractivity contribution in [2.24, 2.45) is 17.8 Å². The lowest BCUT2D eigenvalue weighted by atomic mass is 9.93. The fourth-order valence-corrected chi connectivity index (χ4v) is 0.859. The molecule has 0 heterocycles. The summed E-state index contributed by atoms with van der Waals surface area (Å²) in [5, 5.41) is 0. The Morgan fingerprint density at radius 3 is 1.50 bits per heavy atom. The predicted octanol–water partition coefficient (Wildman–Crippen LogP) is 5.52. The molecule has 0 aliphatic heterocycles. The molecule has 0 N–H and O–H groups in total. The molecule has 0 aliphatic carbocycles. The van der Waals surface area contributed by atoms with Crippen LogP contribution >= 0.6 is 0 Å². The van der Waals surface area contributed by atoms with Gasteiger partial charge in [0.05, 0.1) is 0 Å². The zero-order valence-corrected chi connectivity index (χ0v) is 11.6. The second kappa shape index (κ2) is 11.1. The van der Waals surface area contributed by atoms with Crippen molar-refractivity contribution in [2.75, 3.05) is 0 Å². The molecule has 0 aliphatic rings. The van der Waals surface area contributed by atoms with E-state index in [-0.39, 0.29) is 0 Å². The topological polar surface area (TPSA) is 0 Å². The van der Waals surface area contributed by atoms with Crippen molar-refractivity contribution in [3.05, 3.63) is 0 Å². The largest absolute Gasteiger partial charge is 0.0654 e. The maximum absolute atomic E-state index is 2.35. The highest BCUT2D eigenvalue weighted by Gasteiger charge is 2.04. The van der Waals surface area contributed by atoms with Crippen molar-refractivity contribution in [1.29, 1.82) is 0 Å². The molecule has 1 atom stereocenters. The molecular formula is C14H32. The smallest absolute Gasteiger partial charge is 0.0420 e. The Kier molecular flexibility index (Phi) is 13.0. The van der Waals surface area contributed by atoms with Crippen LogP contribution in [0.3, 0.4) is 0 Å². The third-order valence-electron chi connectivity index (χ3n) is 2.97. The van der Waals surface area contributed by atoms with E-state index in [1.54, 1.807) is 0 Å². The highest BCUT2D eigenvalue weighted by atomic mass is 14.1. The molecule has 0 aromatic carbocycles. The predicted molar refractivity (Wildman–Crippen MR) is 68.7 cm³/mol. The van der Waals surface area contributed by atoms with Crippen LogP contribution in [-0.2, 0) is 0 Å². The standard InChI is InChI=1S/C9H20.C5H12/c1-5-6-7-9(4)8(2)3;1-4-5(2)3/h8-9H,5-7H2,1-4H3;5H,4H2,1-3H3. The summed E-state index contributed by atoms with van der Waals surface area (Å²) in [5.41, 5.74) is 0. The minimum absolute atomic E-state index is 0.872. The molecule has 1 unspecified atom stereocenters. The maximum atomic E-state index is 2.35. The lowest BCUT2D eigenvalue weighted by Crippen LogP contribution is -2.02. The molecule has 88 valence electrons. The minimum Gasteiger partial charge on any atom is -0.0654 e. The molecular weight excluding hydrogens is 168 g/mol. The van der Waals surface area contributed by atoms with E-state index < -0.39 is 0 Å². The van der Waals surface area contributed by atoms with Gasteiger partial charge in [0.25, 0.3) is 0 Å². The van der Waals surface area contributed by atoms with Crippen LogP contribution in [0.15, 0.2) is 0 Å². The molecule has 0 aromatic heterocycles. The zero-order valence-electron chi connectivity index (χ0n) is 11.6. The molecule has 0 bridgehead atoms. The molecule has 0 spiro atoms. The summed E-state index contributed by atoms with van der Waals surface area (Å²) in [6.07, 6.45) is 5.46. The van der Waals surface area contributed by atoms with E-state index in [0.29, 0.717) is 0 Å². The Balaban J connectivity index is 0. The van der Waals surface area contributed by atoms with Crippen LogP contribution in [0.25, 0.3) is 0 Å². The monoisotopic (exact) mass is 200 g/mol. The normalized spacial score (nSPS) is 12.6. The first kappa shape index (κ1) is 16.4. The quantitative estimate of drug-likeness (QED) is 0.548. The number of unbranched alkanes of at least 4 members (excludes halogenated alkanes) is 1. The Labute approximate surface area is 92.5 Å². The van der Waals surface area contributed by atoms with E-state index in [1.165, 1.54) is 25.7 Å². The van der Waals surface area contributed by atoms with Gasteiger partial charge >= 0.3 is 0 Å². The van der Waals surface area contributed by atoms with Crippen LogP contribution in [0.1, 0.15) is 74.1 Å². The number of rotatable bonds is 5. The molecule has 0 rings (SSSR count). The van der Waals surface area contributed by atoms with Crippen molar-refractivity contribution in [3.8, 4) is 0 Å². The lowest BCUT2D eigenvalue weighted by molar-refractivity contribution is 0.381. The summed E-state index contributed by atoms with van der Waals surface area (Å²) in [6, 6.07) is 0. The molecule has 14 heavy (non-hydrogen) atoms. The maximum Gasteiger partial charge on any atom is -0.0420 e. The molecule has 0 nitrogen and oxygen atoms in total. The molecule has 0 saturated heterocycles.